The molecule has 0 aromatic carbocycles. The molecule has 0 radical (unpaired) electrons. The third-order valence-corrected chi connectivity index (χ3v) is 4.83. The van der Waals surface area contributed by atoms with Gasteiger partial charge >= 0.3 is 6.03 Å². The fourth-order valence-corrected chi connectivity index (χ4v) is 3.48. The molecule has 1 atom stereocenters. The predicted octanol–water partition coefficient (Wildman–Crippen LogP) is 2.01. The molecule has 1 aromatic rings. The van der Waals surface area contributed by atoms with Crippen molar-refractivity contribution in [3.63, 3.8) is 0 Å². The predicted molar refractivity (Wildman–Crippen MR) is 89.7 cm³/mol. The lowest BCUT2D eigenvalue weighted by Gasteiger charge is -2.23. The number of sulfonamides is 1. The van der Waals surface area contributed by atoms with Gasteiger partial charge in [0, 0.05) is 19.1 Å². The fraction of sp³-hybridized carbons (Fsp3) is 0.667. The van der Waals surface area contributed by atoms with Crippen molar-refractivity contribution in [1.29, 1.82) is 0 Å². The summed E-state index contributed by atoms with van der Waals surface area (Å²) in [5.74, 6) is 1.49. The number of hydrogen-bond donors (Lipinski definition) is 2. The van der Waals surface area contributed by atoms with Crippen LogP contribution < -0.4 is 10.6 Å². The number of hydrogen-bond acceptors (Lipinski definition) is 4. The molecular formula is C15H27N3O4S. The summed E-state index contributed by atoms with van der Waals surface area (Å²) in [7, 11) is -3.22. The molecule has 0 bridgehead atoms. The van der Waals surface area contributed by atoms with Gasteiger partial charge in [-0.1, -0.05) is 0 Å². The second kappa shape index (κ2) is 8.35. The van der Waals surface area contributed by atoms with E-state index in [4.69, 9.17) is 4.42 Å². The van der Waals surface area contributed by atoms with Gasteiger partial charge in [0.1, 0.15) is 11.5 Å². The zero-order valence-electron chi connectivity index (χ0n) is 14.4. The largest absolute Gasteiger partial charge is 0.464 e. The van der Waals surface area contributed by atoms with Crippen LogP contribution in [0.5, 0.6) is 0 Å². The lowest BCUT2D eigenvalue weighted by atomic mass is 10.2. The molecule has 0 aliphatic carbocycles. The number of rotatable bonds is 8. The Hall–Kier alpha value is -1.54. The van der Waals surface area contributed by atoms with Crippen LogP contribution in [0.1, 0.15) is 44.8 Å². The van der Waals surface area contributed by atoms with Crippen LogP contribution in [0, 0.1) is 6.92 Å². The van der Waals surface area contributed by atoms with Crippen molar-refractivity contribution < 1.29 is 17.6 Å². The van der Waals surface area contributed by atoms with Gasteiger partial charge < -0.3 is 15.1 Å². The van der Waals surface area contributed by atoms with Crippen LogP contribution >= 0.6 is 0 Å². The van der Waals surface area contributed by atoms with Crippen molar-refractivity contribution in [3.05, 3.63) is 23.7 Å². The molecule has 1 heterocycles. The standard InChI is InChI=1S/C15H27N3O4S/c1-11(2)18(23(5,20)21)10-6-9-16-15(19)17-13(4)14-8-7-12(3)22-14/h7-8,11,13H,6,9-10H2,1-5H3,(H2,16,17,19)/t13-/m0/s1. The zero-order valence-corrected chi connectivity index (χ0v) is 15.2. The van der Waals surface area contributed by atoms with Gasteiger partial charge in [-0.25, -0.2) is 13.2 Å². The van der Waals surface area contributed by atoms with Crippen LogP contribution in [0.3, 0.4) is 0 Å². The fourth-order valence-electron chi connectivity index (χ4n) is 2.25. The molecule has 0 spiro atoms. The number of amides is 2. The molecule has 0 saturated carbocycles. The lowest BCUT2D eigenvalue weighted by molar-refractivity contribution is 0.235. The van der Waals surface area contributed by atoms with Gasteiger partial charge in [-0.05, 0) is 46.2 Å². The second-order valence-electron chi connectivity index (χ2n) is 5.89. The average Bonchev–Trinajstić information content (AvgIpc) is 2.83. The molecule has 1 aromatic heterocycles. The van der Waals surface area contributed by atoms with Gasteiger partial charge in [-0.3, -0.25) is 0 Å². The van der Waals surface area contributed by atoms with Gasteiger partial charge in [0.25, 0.3) is 0 Å². The maximum absolute atomic E-state index is 11.8. The van der Waals surface area contributed by atoms with Crippen LogP contribution in [0.15, 0.2) is 16.5 Å². The van der Waals surface area contributed by atoms with Crippen LogP contribution in [0.25, 0.3) is 0 Å². The number of carbonyl (C=O) groups excluding carboxylic acids is 1. The monoisotopic (exact) mass is 345 g/mol. The van der Waals surface area contributed by atoms with Crippen LogP contribution in [0.2, 0.25) is 0 Å². The molecular weight excluding hydrogens is 318 g/mol. The van der Waals surface area contributed by atoms with Gasteiger partial charge in [0.2, 0.25) is 10.0 Å². The maximum atomic E-state index is 11.8. The third-order valence-electron chi connectivity index (χ3n) is 3.38. The molecule has 132 valence electrons. The van der Waals surface area contributed by atoms with Gasteiger partial charge in [-0.15, -0.1) is 0 Å². The Morgan fingerprint density at radius 3 is 2.43 bits per heavy atom. The Kier molecular flexibility index (Phi) is 7.08. The molecule has 23 heavy (non-hydrogen) atoms. The highest BCUT2D eigenvalue weighted by Gasteiger charge is 2.19. The van der Waals surface area contributed by atoms with E-state index in [1.807, 2.05) is 39.8 Å². The Bertz CT molecular complexity index is 610. The molecule has 0 aliphatic heterocycles. The minimum atomic E-state index is -3.22. The summed E-state index contributed by atoms with van der Waals surface area (Å²) in [5, 5.41) is 5.50. The zero-order chi connectivity index (χ0) is 17.6. The van der Waals surface area contributed by atoms with Crippen LogP contribution in [0.4, 0.5) is 4.79 Å². The molecule has 0 aliphatic rings. The molecule has 0 fully saturated rings. The van der Waals surface area contributed by atoms with Crippen molar-refractivity contribution in [2.45, 2.75) is 46.2 Å². The van der Waals surface area contributed by atoms with Crippen molar-refractivity contribution >= 4 is 16.1 Å². The van der Waals surface area contributed by atoms with E-state index in [2.05, 4.69) is 10.6 Å². The molecule has 8 heteroatoms. The van der Waals surface area contributed by atoms with E-state index in [1.165, 1.54) is 10.6 Å². The first-order valence-corrected chi connectivity index (χ1v) is 9.53. The Balaban J connectivity index is 2.34. The number of carbonyl (C=O) groups is 1. The molecule has 2 N–H and O–H groups in total. The van der Waals surface area contributed by atoms with E-state index < -0.39 is 10.0 Å². The molecule has 0 saturated heterocycles. The summed E-state index contributed by atoms with van der Waals surface area (Å²) in [6.07, 6.45) is 1.74. The lowest BCUT2D eigenvalue weighted by Crippen LogP contribution is -2.40. The number of nitrogens with zero attached hydrogens (tertiary/aromatic N) is 1. The first-order valence-electron chi connectivity index (χ1n) is 7.68. The topological polar surface area (TPSA) is 91.7 Å². The van der Waals surface area contributed by atoms with E-state index in [0.717, 1.165) is 5.76 Å². The van der Waals surface area contributed by atoms with E-state index in [0.29, 0.717) is 25.3 Å². The number of urea groups is 1. The van der Waals surface area contributed by atoms with E-state index in [1.54, 1.807) is 0 Å². The molecule has 1 rings (SSSR count). The Labute approximate surface area is 138 Å². The van der Waals surface area contributed by atoms with Crippen LogP contribution in [-0.2, 0) is 10.0 Å². The molecule has 0 unspecified atom stereocenters. The first-order chi connectivity index (χ1) is 10.6. The summed E-state index contributed by atoms with van der Waals surface area (Å²) in [5.41, 5.74) is 0. The summed E-state index contributed by atoms with van der Waals surface area (Å²) >= 11 is 0. The molecule has 2 amide bonds. The Morgan fingerprint density at radius 2 is 1.96 bits per heavy atom. The van der Waals surface area contributed by atoms with Gasteiger partial charge in [-0.2, -0.15) is 4.31 Å². The number of furan rings is 1. The SMILES string of the molecule is Cc1ccc([C@H](C)NC(=O)NCCCN(C(C)C)S(C)(=O)=O)o1. The number of aryl methyl sites for hydroxylation is 1. The van der Waals surface area contributed by atoms with Crippen LogP contribution in [-0.4, -0.2) is 44.1 Å². The average molecular weight is 345 g/mol. The van der Waals surface area contributed by atoms with E-state index in [9.17, 15) is 13.2 Å². The van der Waals surface area contributed by atoms with E-state index in [-0.39, 0.29) is 18.1 Å². The Morgan fingerprint density at radius 1 is 1.30 bits per heavy atom. The van der Waals surface area contributed by atoms with Crippen molar-refractivity contribution in [3.8, 4) is 0 Å². The first kappa shape index (κ1) is 19.5. The summed E-state index contributed by atoms with van der Waals surface area (Å²) in [6.45, 7) is 8.11. The number of nitrogens with one attached hydrogen (secondary N) is 2. The van der Waals surface area contributed by atoms with Crippen molar-refractivity contribution in [2.75, 3.05) is 19.3 Å². The van der Waals surface area contributed by atoms with Gasteiger partial charge in [0.15, 0.2) is 0 Å². The maximum Gasteiger partial charge on any atom is 0.315 e. The smallest absolute Gasteiger partial charge is 0.315 e. The third kappa shape index (κ3) is 6.62. The highest BCUT2D eigenvalue weighted by Crippen LogP contribution is 2.15. The minimum Gasteiger partial charge on any atom is -0.464 e. The minimum absolute atomic E-state index is 0.0963. The highest BCUT2D eigenvalue weighted by molar-refractivity contribution is 7.88. The molecule has 7 nitrogen and oxygen atoms in total. The second-order valence-corrected chi connectivity index (χ2v) is 7.83. The quantitative estimate of drug-likeness (QED) is 0.705. The van der Waals surface area contributed by atoms with E-state index >= 15 is 0 Å². The summed E-state index contributed by atoms with van der Waals surface area (Å²) in [6, 6.07) is 3.04. The highest BCUT2D eigenvalue weighted by atomic mass is 32.2. The van der Waals surface area contributed by atoms with Crippen molar-refractivity contribution in [2.24, 2.45) is 0 Å². The van der Waals surface area contributed by atoms with Gasteiger partial charge in [0.05, 0.1) is 12.3 Å². The summed E-state index contributed by atoms with van der Waals surface area (Å²) < 4.78 is 30.1. The van der Waals surface area contributed by atoms with Crippen molar-refractivity contribution in [1.82, 2.24) is 14.9 Å². The summed E-state index contributed by atoms with van der Waals surface area (Å²) in [4.78, 5) is 11.8. The normalized spacial score (nSPS) is 13.3.